The number of nitrogens with zero attached hydrogens (tertiary/aromatic N) is 5. The molecule has 0 radical (unpaired) electrons. The summed E-state index contributed by atoms with van der Waals surface area (Å²) in [6, 6.07) is 13.9. The summed E-state index contributed by atoms with van der Waals surface area (Å²) in [5, 5.41) is 0.925. The third-order valence-corrected chi connectivity index (χ3v) is 9.22. The van der Waals surface area contributed by atoms with Gasteiger partial charge in [-0.05, 0) is 81.0 Å². The van der Waals surface area contributed by atoms with Gasteiger partial charge in [0.05, 0.1) is 29.6 Å². The van der Waals surface area contributed by atoms with E-state index in [-0.39, 0.29) is 23.6 Å². The second-order valence-corrected chi connectivity index (χ2v) is 12.4. The van der Waals surface area contributed by atoms with Crippen LogP contribution in [-0.2, 0) is 13.6 Å². The molecule has 5 aromatic rings. The van der Waals surface area contributed by atoms with Crippen molar-refractivity contribution in [2.75, 3.05) is 13.7 Å². The van der Waals surface area contributed by atoms with E-state index < -0.39 is 11.7 Å². The zero-order valence-electron chi connectivity index (χ0n) is 25.6. The highest BCUT2D eigenvalue weighted by molar-refractivity contribution is 6.00. The van der Waals surface area contributed by atoms with Gasteiger partial charge in [-0.25, -0.2) is 14.4 Å². The molecule has 0 unspecified atom stereocenters. The maximum absolute atomic E-state index is 14.6. The lowest BCUT2D eigenvalue weighted by Crippen LogP contribution is -2.50. The number of hydrogen-bond donors (Lipinski definition) is 2. The van der Waals surface area contributed by atoms with Crippen LogP contribution in [0.4, 0.5) is 4.39 Å². The first-order chi connectivity index (χ1) is 21.6. The Labute approximate surface area is 259 Å². The molecule has 2 aromatic carbocycles. The number of carbonyl (C=O) groups is 2. The highest BCUT2D eigenvalue weighted by Gasteiger charge is 2.30. The second kappa shape index (κ2) is 11.0. The summed E-state index contributed by atoms with van der Waals surface area (Å²) in [4.78, 5) is 37.1. The summed E-state index contributed by atoms with van der Waals surface area (Å²) in [6.45, 7) is 3.34. The maximum atomic E-state index is 14.6. The summed E-state index contributed by atoms with van der Waals surface area (Å²) < 4.78 is 24.6. The van der Waals surface area contributed by atoms with Gasteiger partial charge in [0.25, 0.3) is 11.8 Å². The van der Waals surface area contributed by atoms with Gasteiger partial charge in [-0.1, -0.05) is 6.07 Å². The predicted molar refractivity (Wildman–Crippen MR) is 170 cm³/mol. The maximum Gasteiger partial charge on any atom is 0.254 e. The molecular formula is C34H36FN7O3. The van der Waals surface area contributed by atoms with Gasteiger partial charge in [0.2, 0.25) is 0 Å². The number of aryl methyl sites for hydroxylation is 1. The number of hydrogen-bond acceptors (Lipinski definition) is 6. The fraction of sp³-hybridized carbons (Fsp3) is 0.353. The number of imidazole rings is 1. The van der Waals surface area contributed by atoms with Gasteiger partial charge in [0.15, 0.2) is 5.82 Å². The minimum Gasteiger partial charge on any atom is -0.494 e. The lowest BCUT2D eigenvalue weighted by atomic mass is 9.99. The third kappa shape index (κ3) is 5.10. The van der Waals surface area contributed by atoms with Crippen LogP contribution in [0.3, 0.4) is 0 Å². The Balaban J connectivity index is 1.34. The number of carbonyl (C=O) groups excluding carboxylic acids is 2. The zero-order valence-corrected chi connectivity index (χ0v) is 25.6. The molecule has 0 bridgehead atoms. The number of likely N-dealkylation sites (tertiary alicyclic amines) is 1. The van der Waals surface area contributed by atoms with Gasteiger partial charge < -0.3 is 30.2 Å². The van der Waals surface area contributed by atoms with Gasteiger partial charge in [-0.2, -0.15) is 0 Å². The zero-order chi connectivity index (χ0) is 31.6. The van der Waals surface area contributed by atoms with Gasteiger partial charge in [-0.15, -0.1) is 0 Å². The molecule has 1 saturated carbocycles. The molecule has 2 amide bonds. The molecule has 1 aliphatic heterocycles. The first kappa shape index (κ1) is 29.0. The quantitative estimate of drug-likeness (QED) is 0.271. The number of ether oxygens (including phenoxy) is 1. The highest BCUT2D eigenvalue weighted by atomic mass is 19.1. The molecule has 232 valence electrons. The number of amides is 2. The molecule has 0 spiro atoms. The van der Waals surface area contributed by atoms with E-state index in [1.165, 1.54) is 12.1 Å². The van der Waals surface area contributed by atoms with Crippen LogP contribution in [0.2, 0.25) is 0 Å². The number of nitrogens with two attached hydrogens (primary N) is 2. The number of aromatic nitrogens is 4. The Kier molecular flexibility index (Phi) is 7.07. The molecule has 10 nitrogen and oxygen atoms in total. The van der Waals surface area contributed by atoms with Crippen molar-refractivity contribution < 1.29 is 18.7 Å². The van der Waals surface area contributed by atoms with Gasteiger partial charge in [0.1, 0.15) is 22.7 Å². The van der Waals surface area contributed by atoms with E-state index in [0.717, 1.165) is 60.3 Å². The molecule has 11 heteroatoms. The number of methoxy groups -OCH3 is 1. The SMILES string of the molecule is COc1cc(C(=O)N2C[C@H](N)CC[C@@H]2C)cc2nc(-c3cc4ccc(-c5ccc(C(N)=O)c(F)c5)nc4n3CC3CC3)n(C)c12. The highest BCUT2D eigenvalue weighted by Crippen LogP contribution is 2.38. The molecule has 1 aliphatic carbocycles. The summed E-state index contributed by atoms with van der Waals surface area (Å²) in [7, 11) is 3.55. The third-order valence-electron chi connectivity index (χ3n) is 9.22. The smallest absolute Gasteiger partial charge is 0.254 e. The van der Waals surface area contributed by atoms with Crippen molar-refractivity contribution in [1.29, 1.82) is 0 Å². The molecule has 4 N–H and O–H groups in total. The Morgan fingerprint density at radius 2 is 1.84 bits per heavy atom. The first-order valence-electron chi connectivity index (χ1n) is 15.3. The minimum atomic E-state index is -0.814. The van der Waals surface area contributed by atoms with E-state index in [9.17, 15) is 14.0 Å². The summed E-state index contributed by atoms with van der Waals surface area (Å²) in [5.41, 5.74) is 16.1. The summed E-state index contributed by atoms with van der Waals surface area (Å²) in [6.07, 6.45) is 4.05. The number of halogens is 1. The molecule has 2 fully saturated rings. The lowest BCUT2D eigenvalue weighted by molar-refractivity contribution is 0.0612. The Bertz CT molecular complexity index is 1990. The molecule has 2 aliphatic rings. The van der Waals surface area contributed by atoms with Gasteiger partial charge in [0, 0.05) is 48.7 Å². The number of piperidine rings is 1. The average Bonchev–Trinajstić information content (AvgIpc) is 3.70. The fourth-order valence-corrected chi connectivity index (χ4v) is 6.49. The van der Waals surface area contributed by atoms with Crippen LogP contribution in [0.5, 0.6) is 5.75 Å². The van der Waals surface area contributed by atoms with E-state index in [1.54, 1.807) is 19.2 Å². The number of rotatable bonds is 7. The summed E-state index contributed by atoms with van der Waals surface area (Å²) in [5.74, 6) is 0.246. The van der Waals surface area contributed by atoms with Gasteiger partial charge >= 0.3 is 0 Å². The van der Waals surface area contributed by atoms with E-state index in [0.29, 0.717) is 40.5 Å². The fourth-order valence-electron chi connectivity index (χ4n) is 6.49. The molecule has 45 heavy (non-hydrogen) atoms. The van der Waals surface area contributed by atoms with Gasteiger partial charge in [-0.3, -0.25) is 9.59 Å². The van der Waals surface area contributed by atoms with Crippen LogP contribution in [0.15, 0.2) is 48.5 Å². The first-order valence-corrected chi connectivity index (χ1v) is 15.3. The number of fused-ring (bicyclic) bond motifs is 2. The van der Waals surface area contributed by atoms with Crippen LogP contribution in [0.25, 0.3) is 44.8 Å². The number of pyridine rings is 1. The van der Waals surface area contributed by atoms with Crippen LogP contribution in [-0.4, -0.2) is 61.6 Å². The van der Waals surface area contributed by atoms with E-state index in [2.05, 4.69) is 17.6 Å². The molecular weight excluding hydrogens is 573 g/mol. The largest absolute Gasteiger partial charge is 0.494 e. The number of benzene rings is 2. The van der Waals surface area contributed by atoms with Crippen LogP contribution in [0.1, 0.15) is 53.3 Å². The van der Waals surface area contributed by atoms with Crippen LogP contribution < -0.4 is 16.2 Å². The standard InChI is InChI=1S/C34H36FN7O3/c1-18-4-9-23(36)17-41(18)34(44)22-13-27-30(29(15-22)45-3)40(2)33(39-27)28-14-21-8-11-26(38-32(21)42(28)16-19-5-6-19)20-7-10-24(31(37)43)25(35)12-20/h7-8,10-15,18-19,23H,4-6,9,16-17,36H2,1-3H3,(H2,37,43)/t18-,23+/m0/s1. The second-order valence-electron chi connectivity index (χ2n) is 12.4. The van der Waals surface area contributed by atoms with Crippen molar-refractivity contribution in [2.24, 2.45) is 24.4 Å². The summed E-state index contributed by atoms with van der Waals surface area (Å²) >= 11 is 0. The topological polar surface area (TPSA) is 134 Å². The van der Waals surface area contributed by atoms with Crippen molar-refractivity contribution >= 4 is 33.9 Å². The van der Waals surface area contributed by atoms with Crippen LogP contribution in [0, 0.1) is 11.7 Å². The molecule has 3 aromatic heterocycles. The van der Waals surface area contributed by atoms with E-state index in [4.69, 9.17) is 26.2 Å². The van der Waals surface area contributed by atoms with Crippen molar-refractivity contribution in [3.8, 4) is 28.5 Å². The van der Waals surface area contributed by atoms with Crippen molar-refractivity contribution in [1.82, 2.24) is 24.0 Å². The normalized spacial score (nSPS) is 18.6. The van der Waals surface area contributed by atoms with E-state index in [1.807, 2.05) is 34.7 Å². The monoisotopic (exact) mass is 609 g/mol. The van der Waals surface area contributed by atoms with E-state index >= 15 is 0 Å². The molecule has 4 heterocycles. The van der Waals surface area contributed by atoms with Crippen molar-refractivity contribution in [3.05, 3.63) is 65.5 Å². The Morgan fingerprint density at radius 3 is 2.56 bits per heavy atom. The molecule has 1 saturated heterocycles. The van der Waals surface area contributed by atoms with Crippen LogP contribution >= 0.6 is 0 Å². The Morgan fingerprint density at radius 1 is 1.04 bits per heavy atom. The number of primary amides is 1. The average molecular weight is 610 g/mol. The van der Waals surface area contributed by atoms with Crippen molar-refractivity contribution in [2.45, 2.75) is 51.2 Å². The Hall–Kier alpha value is -4.77. The minimum absolute atomic E-state index is 0.0340. The van der Waals surface area contributed by atoms with Crippen molar-refractivity contribution in [3.63, 3.8) is 0 Å². The molecule has 2 atom stereocenters. The molecule has 7 rings (SSSR count). The lowest BCUT2D eigenvalue weighted by Gasteiger charge is -2.36. The predicted octanol–water partition coefficient (Wildman–Crippen LogP) is 4.87.